The highest BCUT2D eigenvalue weighted by Crippen LogP contribution is 2.67. The Morgan fingerprint density at radius 2 is 1.59 bits per heavy atom. The third kappa shape index (κ3) is 3.45. The lowest BCUT2D eigenvalue weighted by Crippen LogP contribution is -2.22. The van der Waals surface area contributed by atoms with E-state index < -0.39 is 10.6 Å². The first kappa shape index (κ1) is 18.4. The van der Waals surface area contributed by atoms with Crippen LogP contribution in [0.3, 0.4) is 0 Å². The maximum atomic E-state index is 6.44. The van der Waals surface area contributed by atoms with Gasteiger partial charge in [-0.05, 0) is 31.5 Å². The molecule has 0 unspecified atom stereocenters. The first-order valence-electron chi connectivity index (χ1n) is 7.02. The third-order valence-corrected chi connectivity index (χ3v) is 5.18. The lowest BCUT2D eigenvalue weighted by Gasteiger charge is -2.17. The fourth-order valence-corrected chi connectivity index (χ4v) is 4.17. The van der Waals surface area contributed by atoms with E-state index in [2.05, 4.69) is 0 Å². The Hall–Kier alpha value is 0.1000. The van der Waals surface area contributed by atoms with E-state index in [1.807, 2.05) is 13.8 Å². The van der Waals surface area contributed by atoms with Gasteiger partial charge < -0.3 is 14.2 Å². The highest BCUT2D eigenvalue weighted by Gasteiger charge is 2.68. The molecule has 2 atom stereocenters. The average Bonchev–Trinajstić information content (AvgIpc) is 3.00. The molecule has 1 aliphatic carbocycles. The van der Waals surface area contributed by atoms with Crippen molar-refractivity contribution in [3.8, 4) is 5.75 Å². The Balaban J connectivity index is 2.29. The zero-order chi connectivity index (χ0) is 16.5. The molecule has 0 radical (unpaired) electrons. The summed E-state index contributed by atoms with van der Waals surface area (Å²) < 4.78 is 15.4. The first-order valence-corrected chi connectivity index (χ1v) is 8.53. The second kappa shape index (κ2) is 7.33. The molecule has 0 aromatic heterocycles. The van der Waals surface area contributed by atoms with Crippen molar-refractivity contribution in [2.45, 2.75) is 30.4 Å². The van der Waals surface area contributed by atoms with E-state index in [1.54, 1.807) is 12.1 Å². The molecule has 0 aliphatic heterocycles. The van der Waals surface area contributed by atoms with Crippen molar-refractivity contribution in [3.05, 3.63) is 27.7 Å². The van der Waals surface area contributed by atoms with Crippen LogP contribution in [0.4, 0.5) is 0 Å². The number of alkyl halides is 2. The van der Waals surface area contributed by atoms with Gasteiger partial charge in [-0.1, -0.05) is 23.2 Å². The summed E-state index contributed by atoms with van der Waals surface area (Å²) in [6, 6.07) is 3.54. The third-order valence-electron chi connectivity index (χ3n) is 3.65. The van der Waals surface area contributed by atoms with Crippen LogP contribution in [0, 0.1) is 5.92 Å². The van der Waals surface area contributed by atoms with Gasteiger partial charge in [0.1, 0.15) is 4.33 Å². The minimum absolute atomic E-state index is 0.167. The van der Waals surface area contributed by atoms with E-state index in [-0.39, 0.29) is 11.8 Å². The second-order valence-corrected chi connectivity index (χ2v) is 7.23. The standard InChI is InChI=1S/C15H18Cl4O3/c1-4-21-14(22-5-2)12-11(15(12,18)19)8-6-9(16)13(20-3)10(17)7-8/h6-7,11-12,14H,4-5H2,1-3H3/t11-,12+/m1/s1. The van der Waals surface area contributed by atoms with Gasteiger partial charge in [0.05, 0.1) is 23.1 Å². The lowest BCUT2D eigenvalue weighted by molar-refractivity contribution is -0.149. The normalized spacial score (nSPS) is 22.9. The monoisotopic (exact) mass is 386 g/mol. The molecule has 1 aliphatic rings. The van der Waals surface area contributed by atoms with Crippen molar-refractivity contribution in [2.24, 2.45) is 5.92 Å². The Morgan fingerprint density at radius 1 is 1.09 bits per heavy atom. The molecule has 0 heterocycles. The van der Waals surface area contributed by atoms with Gasteiger partial charge in [0.15, 0.2) is 12.0 Å². The van der Waals surface area contributed by atoms with Crippen molar-refractivity contribution < 1.29 is 14.2 Å². The Morgan fingerprint density at radius 3 is 2.00 bits per heavy atom. The molecular formula is C15H18Cl4O3. The summed E-state index contributed by atoms with van der Waals surface area (Å²) in [4.78, 5) is 0. The predicted molar refractivity (Wildman–Crippen MR) is 90.7 cm³/mol. The second-order valence-electron chi connectivity index (χ2n) is 4.97. The quantitative estimate of drug-likeness (QED) is 0.470. The molecule has 7 heteroatoms. The number of hydrogen-bond acceptors (Lipinski definition) is 3. The van der Waals surface area contributed by atoms with Crippen LogP contribution >= 0.6 is 46.4 Å². The van der Waals surface area contributed by atoms with E-state index in [0.717, 1.165) is 5.56 Å². The summed E-state index contributed by atoms with van der Waals surface area (Å²) in [5, 5.41) is 0.841. The number of halogens is 4. The minimum atomic E-state index is -0.976. The molecule has 0 amide bonds. The van der Waals surface area contributed by atoms with Crippen molar-refractivity contribution in [3.63, 3.8) is 0 Å². The number of rotatable bonds is 7. The molecule has 22 heavy (non-hydrogen) atoms. The number of benzene rings is 1. The predicted octanol–water partition coefficient (Wildman–Crippen LogP) is 5.29. The minimum Gasteiger partial charge on any atom is -0.494 e. The molecule has 0 saturated heterocycles. The summed E-state index contributed by atoms with van der Waals surface area (Å²) in [7, 11) is 1.51. The van der Waals surface area contributed by atoms with Gasteiger partial charge in [-0.25, -0.2) is 0 Å². The van der Waals surface area contributed by atoms with Crippen LogP contribution in [-0.2, 0) is 9.47 Å². The fraction of sp³-hybridized carbons (Fsp3) is 0.600. The topological polar surface area (TPSA) is 27.7 Å². The zero-order valence-corrected chi connectivity index (χ0v) is 15.6. The van der Waals surface area contributed by atoms with Gasteiger partial charge in [-0.3, -0.25) is 0 Å². The summed E-state index contributed by atoms with van der Waals surface area (Å²) in [6.45, 7) is 4.83. The summed E-state index contributed by atoms with van der Waals surface area (Å²) >= 11 is 25.3. The number of hydrogen-bond donors (Lipinski definition) is 0. The van der Waals surface area contributed by atoms with Crippen LogP contribution in [-0.4, -0.2) is 30.9 Å². The van der Waals surface area contributed by atoms with Crippen molar-refractivity contribution in [1.29, 1.82) is 0 Å². The Bertz CT molecular complexity index is 507. The van der Waals surface area contributed by atoms with E-state index >= 15 is 0 Å². The maximum Gasteiger partial charge on any atom is 0.163 e. The van der Waals surface area contributed by atoms with Crippen molar-refractivity contribution >= 4 is 46.4 Å². The highest BCUT2D eigenvalue weighted by molar-refractivity contribution is 6.52. The number of methoxy groups -OCH3 is 1. The molecule has 0 N–H and O–H groups in total. The Kier molecular flexibility index (Phi) is 6.14. The fourth-order valence-electron chi connectivity index (χ4n) is 2.66. The van der Waals surface area contributed by atoms with E-state index in [9.17, 15) is 0 Å². The highest BCUT2D eigenvalue weighted by atomic mass is 35.5. The van der Waals surface area contributed by atoms with E-state index in [1.165, 1.54) is 7.11 Å². The van der Waals surface area contributed by atoms with Crippen LogP contribution in [0.2, 0.25) is 10.0 Å². The lowest BCUT2D eigenvalue weighted by atomic mass is 10.1. The molecule has 1 saturated carbocycles. The van der Waals surface area contributed by atoms with Gasteiger partial charge in [-0.15, -0.1) is 23.2 Å². The molecule has 0 spiro atoms. The number of ether oxygens (including phenoxy) is 3. The molecule has 3 nitrogen and oxygen atoms in total. The zero-order valence-electron chi connectivity index (χ0n) is 12.5. The van der Waals surface area contributed by atoms with Crippen molar-refractivity contribution in [2.75, 3.05) is 20.3 Å². The molecule has 124 valence electrons. The first-order chi connectivity index (χ1) is 10.4. The van der Waals surface area contributed by atoms with Crippen LogP contribution in [0.25, 0.3) is 0 Å². The van der Waals surface area contributed by atoms with Crippen LogP contribution in [0.1, 0.15) is 25.3 Å². The smallest absolute Gasteiger partial charge is 0.163 e. The molecule has 1 fully saturated rings. The van der Waals surface area contributed by atoms with Crippen LogP contribution < -0.4 is 4.74 Å². The summed E-state index contributed by atoms with van der Waals surface area (Å²) in [5.74, 6) is 0.0845. The van der Waals surface area contributed by atoms with E-state index in [0.29, 0.717) is 29.0 Å². The molecule has 1 aromatic rings. The van der Waals surface area contributed by atoms with Crippen molar-refractivity contribution in [1.82, 2.24) is 0 Å². The van der Waals surface area contributed by atoms with Gasteiger partial charge >= 0.3 is 0 Å². The molecule has 1 aromatic carbocycles. The summed E-state index contributed by atoms with van der Waals surface area (Å²) in [6.07, 6.45) is -0.463. The van der Waals surface area contributed by atoms with Gasteiger partial charge in [0.25, 0.3) is 0 Å². The maximum absolute atomic E-state index is 6.44. The average molecular weight is 388 g/mol. The van der Waals surface area contributed by atoms with Gasteiger partial charge in [0, 0.05) is 19.1 Å². The Labute approximate surface area is 150 Å². The van der Waals surface area contributed by atoms with Crippen LogP contribution in [0.15, 0.2) is 12.1 Å². The van der Waals surface area contributed by atoms with E-state index in [4.69, 9.17) is 60.6 Å². The van der Waals surface area contributed by atoms with Gasteiger partial charge in [0.2, 0.25) is 0 Å². The SMILES string of the molecule is CCOC(OCC)[C@@H]1[C@@H](c2cc(Cl)c(OC)c(Cl)c2)C1(Cl)Cl. The summed E-state index contributed by atoms with van der Waals surface area (Å²) in [5.41, 5.74) is 0.843. The molecule has 2 rings (SSSR count). The molecule has 0 bridgehead atoms. The van der Waals surface area contributed by atoms with Crippen LogP contribution in [0.5, 0.6) is 5.75 Å². The van der Waals surface area contributed by atoms with Gasteiger partial charge in [-0.2, -0.15) is 0 Å². The molecular weight excluding hydrogens is 370 g/mol. The largest absolute Gasteiger partial charge is 0.494 e.